The summed E-state index contributed by atoms with van der Waals surface area (Å²) in [4.78, 5) is 1.82. The van der Waals surface area contributed by atoms with Gasteiger partial charge in [-0.2, -0.15) is 5.10 Å². The minimum Gasteiger partial charge on any atom is -0.367 e. The van der Waals surface area contributed by atoms with Crippen molar-refractivity contribution in [3.8, 4) is 0 Å². The van der Waals surface area contributed by atoms with E-state index >= 15 is 0 Å². The van der Waals surface area contributed by atoms with Gasteiger partial charge in [0.25, 0.3) is 0 Å². The molecule has 0 radical (unpaired) electrons. The Hall–Kier alpha value is -1.35. The largest absolute Gasteiger partial charge is 0.367 e. The van der Waals surface area contributed by atoms with Crippen molar-refractivity contribution in [1.29, 1.82) is 0 Å². The molecule has 1 aromatic carbocycles. The summed E-state index contributed by atoms with van der Waals surface area (Å²) in [6, 6.07) is 7.41. The van der Waals surface area contributed by atoms with Crippen LogP contribution in [0.3, 0.4) is 0 Å². The predicted molar refractivity (Wildman–Crippen MR) is 61.2 cm³/mol. The molecular weight excluding hydrogens is 198 g/mol. The Morgan fingerprint density at radius 1 is 1.14 bits per heavy atom. The molecule has 0 atom stereocenters. The van der Waals surface area contributed by atoms with Crippen LogP contribution < -0.4 is 0 Å². The van der Waals surface area contributed by atoms with Crippen molar-refractivity contribution in [3.05, 3.63) is 34.9 Å². The van der Waals surface area contributed by atoms with Crippen LogP contribution in [0.25, 0.3) is 0 Å². The molecular formula is C10H12ClN3. The Bertz CT molecular complexity index is 328. The zero-order chi connectivity index (χ0) is 10.4. The zero-order valence-corrected chi connectivity index (χ0v) is 8.94. The van der Waals surface area contributed by atoms with E-state index < -0.39 is 0 Å². The third-order valence-corrected chi connectivity index (χ3v) is 1.68. The van der Waals surface area contributed by atoms with Crippen LogP contribution in [0.4, 0.5) is 0 Å². The topological polar surface area (TPSA) is 28.0 Å². The van der Waals surface area contributed by atoms with Gasteiger partial charge in [0.15, 0.2) is 0 Å². The number of benzene rings is 1. The Morgan fingerprint density at radius 3 is 2.36 bits per heavy atom. The average molecular weight is 210 g/mol. The fourth-order valence-corrected chi connectivity index (χ4v) is 0.908. The molecule has 14 heavy (non-hydrogen) atoms. The molecule has 4 heteroatoms. The van der Waals surface area contributed by atoms with Crippen molar-refractivity contribution in [2.45, 2.75) is 0 Å². The third kappa shape index (κ3) is 4.05. The van der Waals surface area contributed by atoms with Gasteiger partial charge < -0.3 is 4.90 Å². The van der Waals surface area contributed by atoms with Gasteiger partial charge in [0.1, 0.15) is 6.34 Å². The van der Waals surface area contributed by atoms with E-state index in [1.165, 1.54) is 0 Å². The molecule has 0 aliphatic heterocycles. The molecule has 0 amide bonds. The van der Waals surface area contributed by atoms with Gasteiger partial charge in [-0.25, -0.2) is 0 Å². The molecule has 0 aliphatic rings. The van der Waals surface area contributed by atoms with E-state index in [1.807, 2.05) is 43.3 Å². The van der Waals surface area contributed by atoms with Gasteiger partial charge in [-0.15, -0.1) is 5.10 Å². The van der Waals surface area contributed by atoms with E-state index in [1.54, 1.807) is 12.6 Å². The lowest BCUT2D eigenvalue weighted by atomic mass is 10.2. The molecule has 1 rings (SSSR count). The molecule has 0 heterocycles. The Kier molecular flexibility index (Phi) is 4.13. The average Bonchev–Trinajstić information content (AvgIpc) is 2.15. The van der Waals surface area contributed by atoms with Crippen LogP contribution in [0.5, 0.6) is 0 Å². The van der Waals surface area contributed by atoms with Crippen molar-refractivity contribution in [1.82, 2.24) is 4.90 Å². The van der Waals surface area contributed by atoms with Crippen LogP contribution >= 0.6 is 11.6 Å². The molecule has 0 aromatic heterocycles. The summed E-state index contributed by atoms with van der Waals surface area (Å²) in [7, 11) is 3.78. The highest BCUT2D eigenvalue weighted by Gasteiger charge is 1.87. The van der Waals surface area contributed by atoms with Gasteiger partial charge in [-0.1, -0.05) is 23.7 Å². The fraction of sp³-hybridized carbons (Fsp3) is 0.200. The summed E-state index contributed by atoms with van der Waals surface area (Å²) >= 11 is 5.73. The molecule has 0 unspecified atom stereocenters. The molecule has 0 fully saturated rings. The highest BCUT2D eigenvalue weighted by atomic mass is 35.5. The molecule has 0 aliphatic carbocycles. The summed E-state index contributed by atoms with van der Waals surface area (Å²) < 4.78 is 0. The second-order valence-corrected chi connectivity index (χ2v) is 3.43. The summed E-state index contributed by atoms with van der Waals surface area (Å²) in [5.41, 5.74) is 0.977. The van der Waals surface area contributed by atoms with Crippen LogP contribution in [0, 0.1) is 0 Å². The minimum absolute atomic E-state index is 0.721. The monoisotopic (exact) mass is 209 g/mol. The highest BCUT2D eigenvalue weighted by molar-refractivity contribution is 6.30. The third-order valence-electron chi connectivity index (χ3n) is 1.43. The van der Waals surface area contributed by atoms with Gasteiger partial charge in [-0.05, 0) is 17.7 Å². The van der Waals surface area contributed by atoms with E-state index in [-0.39, 0.29) is 0 Å². The second kappa shape index (κ2) is 5.40. The number of hydrogen-bond donors (Lipinski definition) is 0. The second-order valence-electron chi connectivity index (χ2n) is 2.99. The van der Waals surface area contributed by atoms with Crippen LogP contribution in [-0.4, -0.2) is 31.5 Å². The SMILES string of the molecule is CN(C)/C=N/N=C\c1ccc(Cl)cc1. The van der Waals surface area contributed by atoms with Gasteiger partial charge >= 0.3 is 0 Å². The predicted octanol–water partition coefficient (Wildman–Crippen LogP) is 2.26. The zero-order valence-electron chi connectivity index (χ0n) is 8.18. The maximum Gasteiger partial charge on any atom is 0.113 e. The number of nitrogens with zero attached hydrogens (tertiary/aromatic N) is 3. The molecule has 0 bridgehead atoms. The van der Waals surface area contributed by atoms with Crippen molar-refractivity contribution in [2.75, 3.05) is 14.1 Å². The Balaban J connectivity index is 2.56. The first-order valence-corrected chi connectivity index (χ1v) is 4.55. The van der Waals surface area contributed by atoms with Crippen LogP contribution in [-0.2, 0) is 0 Å². The number of rotatable bonds is 3. The van der Waals surface area contributed by atoms with Crippen molar-refractivity contribution < 1.29 is 0 Å². The van der Waals surface area contributed by atoms with E-state index in [0.717, 1.165) is 10.6 Å². The quantitative estimate of drug-likeness (QED) is 0.426. The van der Waals surface area contributed by atoms with Crippen LogP contribution in [0.15, 0.2) is 34.5 Å². The molecule has 0 spiro atoms. The fourth-order valence-electron chi connectivity index (χ4n) is 0.782. The standard InChI is InChI=1S/C10H12ClN3/c1-14(2)8-13-12-7-9-3-5-10(11)6-4-9/h3-8H,1-2H3/b12-7-,13-8+. The lowest BCUT2D eigenvalue weighted by Gasteiger charge is -1.98. The summed E-state index contributed by atoms with van der Waals surface area (Å²) in [6.07, 6.45) is 3.31. The van der Waals surface area contributed by atoms with Gasteiger partial charge in [0.2, 0.25) is 0 Å². The van der Waals surface area contributed by atoms with E-state index in [2.05, 4.69) is 10.2 Å². The lowest BCUT2D eigenvalue weighted by molar-refractivity contribution is 0.640. The van der Waals surface area contributed by atoms with E-state index in [9.17, 15) is 0 Å². The highest BCUT2D eigenvalue weighted by Crippen LogP contribution is 2.07. The van der Waals surface area contributed by atoms with E-state index in [0.29, 0.717) is 0 Å². The first kappa shape index (κ1) is 10.7. The molecule has 0 N–H and O–H groups in total. The maximum atomic E-state index is 5.73. The molecule has 3 nitrogen and oxygen atoms in total. The van der Waals surface area contributed by atoms with Gasteiger partial charge in [-0.3, -0.25) is 0 Å². The first-order chi connectivity index (χ1) is 6.68. The van der Waals surface area contributed by atoms with Crippen molar-refractivity contribution in [2.24, 2.45) is 10.2 Å². The van der Waals surface area contributed by atoms with Gasteiger partial charge in [0, 0.05) is 19.1 Å². The Morgan fingerprint density at radius 2 is 1.79 bits per heavy atom. The summed E-state index contributed by atoms with van der Waals surface area (Å²) in [5, 5.41) is 8.42. The summed E-state index contributed by atoms with van der Waals surface area (Å²) in [5.74, 6) is 0. The Labute approximate surface area is 88.7 Å². The lowest BCUT2D eigenvalue weighted by Crippen LogP contribution is -2.06. The minimum atomic E-state index is 0.721. The van der Waals surface area contributed by atoms with Crippen molar-refractivity contribution >= 4 is 24.2 Å². The molecule has 1 aromatic rings. The number of halogens is 1. The molecule has 74 valence electrons. The molecule has 0 saturated heterocycles. The van der Waals surface area contributed by atoms with E-state index in [4.69, 9.17) is 11.6 Å². The maximum absolute atomic E-state index is 5.73. The summed E-state index contributed by atoms with van der Waals surface area (Å²) in [6.45, 7) is 0. The molecule has 0 saturated carbocycles. The number of hydrogen-bond acceptors (Lipinski definition) is 2. The van der Waals surface area contributed by atoms with Crippen molar-refractivity contribution in [3.63, 3.8) is 0 Å². The first-order valence-electron chi connectivity index (χ1n) is 4.17. The van der Waals surface area contributed by atoms with Crippen LogP contribution in [0.1, 0.15) is 5.56 Å². The van der Waals surface area contributed by atoms with Gasteiger partial charge in [0.05, 0.1) is 6.21 Å². The smallest absolute Gasteiger partial charge is 0.113 e. The normalized spacial score (nSPS) is 11.4. The van der Waals surface area contributed by atoms with Crippen LogP contribution in [0.2, 0.25) is 5.02 Å².